The van der Waals surface area contributed by atoms with Crippen molar-refractivity contribution in [3.05, 3.63) is 34.3 Å². The highest BCUT2D eigenvalue weighted by Gasteiger charge is 2.14. The third-order valence-electron chi connectivity index (χ3n) is 2.82. The van der Waals surface area contributed by atoms with E-state index in [2.05, 4.69) is 15.9 Å². The van der Waals surface area contributed by atoms with Gasteiger partial charge in [0.2, 0.25) is 0 Å². The van der Waals surface area contributed by atoms with E-state index in [0.717, 1.165) is 10.0 Å². The monoisotopic (exact) mass is 319 g/mol. The van der Waals surface area contributed by atoms with Crippen LogP contribution in [0.15, 0.2) is 28.7 Å². The minimum absolute atomic E-state index is 0.105. The first kappa shape index (κ1) is 14.7. The van der Waals surface area contributed by atoms with Crippen molar-refractivity contribution in [3.63, 3.8) is 0 Å². The van der Waals surface area contributed by atoms with Gasteiger partial charge in [-0.2, -0.15) is 0 Å². The normalized spacial score (nSPS) is 13.6. The molecule has 1 atom stereocenters. The van der Waals surface area contributed by atoms with Gasteiger partial charge in [-0.15, -0.1) is 0 Å². The Labute approximate surface area is 111 Å². The van der Waals surface area contributed by atoms with Crippen LogP contribution in [0.25, 0.3) is 0 Å². The van der Waals surface area contributed by atoms with Crippen molar-refractivity contribution in [1.29, 1.82) is 0 Å². The highest BCUT2D eigenvalue weighted by molar-refractivity contribution is 9.10. The number of hydrogen-bond donors (Lipinski definition) is 1. The van der Waals surface area contributed by atoms with Crippen LogP contribution in [0.2, 0.25) is 0 Å². The molecule has 0 saturated heterocycles. The average molecular weight is 320 g/mol. The van der Waals surface area contributed by atoms with Crippen LogP contribution in [-0.4, -0.2) is 26.5 Å². The van der Waals surface area contributed by atoms with Gasteiger partial charge < -0.3 is 5.73 Å². The van der Waals surface area contributed by atoms with Gasteiger partial charge in [-0.3, -0.25) is 0 Å². The van der Waals surface area contributed by atoms with E-state index in [1.807, 2.05) is 24.3 Å². The highest BCUT2D eigenvalue weighted by atomic mass is 79.9. The van der Waals surface area contributed by atoms with Crippen LogP contribution in [0.5, 0.6) is 0 Å². The molecule has 96 valence electrons. The quantitative estimate of drug-likeness (QED) is 0.875. The predicted molar refractivity (Wildman–Crippen MR) is 74.9 cm³/mol. The number of benzene rings is 1. The molecular weight excluding hydrogens is 302 g/mol. The zero-order valence-corrected chi connectivity index (χ0v) is 12.3. The van der Waals surface area contributed by atoms with Crippen LogP contribution in [-0.2, 0) is 9.84 Å². The molecule has 0 aliphatic carbocycles. The van der Waals surface area contributed by atoms with Crippen LogP contribution < -0.4 is 5.73 Å². The molecule has 0 radical (unpaired) electrons. The van der Waals surface area contributed by atoms with Crippen LogP contribution in [0.3, 0.4) is 0 Å². The SMILES string of the molecule is CCS(=O)(=O)CCC(CN)c1cccc(Br)c1. The third-order valence-corrected chi connectivity index (χ3v) is 5.05. The lowest BCUT2D eigenvalue weighted by atomic mass is 9.97. The first-order valence-corrected chi connectivity index (χ1v) is 8.26. The summed E-state index contributed by atoms with van der Waals surface area (Å²) in [6.45, 7) is 2.14. The Balaban J connectivity index is 2.73. The zero-order valence-electron chi connectivity index (χ0n) is 9.90. The Morgan fingerprint density at radius 3 is 2.65 bits per heavy atom. The smallest absolute Gasteiger partial charge is 0.150 e. The van der Waals surface area contributed by atoms with E-state index in [-0.39, 0.29) is 17.4 Å². The van der Waals surface area contributed by atoms with Crippen molar-refractivity contribution in [2.24, 2.45) is 5.73 Å². The molecular formula is C12H18BrNO2S. The lowest BCUT2D eigenvalue weighted by molar-refractivity contribution is 0.586. The number of nitrogens with two attached hydrogens (primary N) is 1. The molecule has 1 aromatic carbocycles. The summed E-state index contributed by atoms with van der Waals surface area (Å²) in [5.74, 6) is 0.509. The average Bonchev–Trinajstić information content (AvgIpc) is 2.30. The van der Waals surface area contributed by atoms with E-state index in [0.29, 0.717) is 13.0 Å². The van der Waals surface area contributed by atoms with Crippen molar-refractivity contribution < 1.29 is 8.42 Å². The van der Waals surface area contributed by atoms with Crippen LogP contribution in [0.1, 0.15) is 24.8 Å². The maximum atomic E-state index is 11.5. The molecule has 1 aromatic rings. The van der Waals surface area contributed by atoms with Gasteiger partial charge in [-0.05, 0) is 36.6 Å². The minimum atomic E-state index is -2.91. The molecule has 0 spiro atoms. The molecule has 0 bridgehead atoms. The summed E-state index contributed by atoms with van der Waals surface area (Å²) in [5, 5.41) is 0. The molecule has 0 aromatic heterocycles. The third kappa shape index (κ3) is 4.77. The van der Waals surface area contributed by atoms with Crippen LogP contribution in [0, 0.1) is 0 Å². The summed E-state index contributed by atoms with van der Waals surface area (Å²) in [6.07, 6.45) is 0.586. The van der Waals surface area contributed by atoms with Gasteiger partial charge in [0, 0.05) is 10.2 Å². The Kier molecular flexibility index (Phi) is 5.62. The standard InChI is InChI=1S/C12H18BrNO2S/c1-2-17(15,16)7-6-11(9-14)10-4-3-5-12(13)8-10/h3-5,8,11H,2,6-7,9,14H2,1H3. The van der Waals surface area contributed by atoms with Gasteiger partial charge in [0.25, 0.3) is 0 Å². The first-order valence-electron chi connectivity index (χ1n) is 5.64. The van der Waals surface area contributed by atoms with Crippen molar-refractivity contribution in [2.75, 3.05) is 18.1 Å². The van der Waals surface area contributed by atoms with E-state index in [1.54, 1.807) is 6.92 Å². The number of halogens is 1. The van der Waals surface area contributed by atoms with Crippen molar-refractivity contribution in [3.8, 4) is 0 Å². The number of sulfone groups is 1. The van der Waals surface area contributed by atoms with Gasteiger partial charge >= 0.3 is 0 Å². The lowest BCUT2D eigenvalue weighted by Gasteiger charge is -2.15. The van der Waals surface area contributed by atoms with Gasteiger partial charge in [0.15, 0.2) is 0 Å². The van der Waals surface area contributed by atoms with Crippen LogP contribution >= 0.6 is 15.9 Å². The summed E-state index contributed by atoms with van der Waals surface area (Å²) in [5.41, 5.74) is 6.81. The molecule has 3 nitrogen and oxygen atoms in total. The first-order chi connectivity index (χ1) is 7.98. The summed E-state index contributed by atoms with van der Waals surface area (Å²) >= 11 is 3.40. The van der Waals surface area contributed by atoms with E-state index in [1.165, 1.54) is 0 Å². The van der Waals surface area contributed by atoms with E-state index >= 15 is 0 Å². The van der Waals surface area contributed by atoms with Crippen molar-refractivity contribution >= 4 is 25.8 Å². The molecule has 0 heterocycles. The van der Waals surface area contributed by atoms with E-state index in [4.69, 9.17) is 5.73 Å². The Morgan fingerprint density at radius 2 is 2.12 bits per heavy atom. The largest absolute Gasteiger partial charge is 0.330 e. The Hall–Kier alpha value is -0.390. The fraction of sp³-hybridized carbons (Fsp3) is 0.500. The Morgan fingerprint density at radius 1 is 1.41 bits per heavy atom. The van der Waals surface area contributed by atoms with Gasteiger partial charge in [-0.25, -0.2) is 8.42 Å². The topological polar surface area (TPSA) is 60.2 Å². The van der Waals surface area contributed by atoms with E-state index < -0.39 is 9.84 Å². The molecule has 2 N–H and O–H groups in total. The zero-order chi connectivity index (χ0) is 12.9. The molecule has 0 amide bonds. The van der Waals surface area contributed by atoms with Crippen molar-refractivity contribution in [2.45, 2.75) is 19.3 Å². The van der Waals surface area contributed by atoms with Crippen molar-refractivity contribution in [1.82, 2.24) is 0 Å². The molecule has 0 saturated carbocycles. The van der Waals surface area contributed by atoms with Gasteiger partial charge in [0.1, 0.15) is 9.84 Å². The fourth-order valence-electron chi connectivity index (χ4n) is 1.65. The summed E-state index contributed by atoms with van der Waals surface area (Å²) < 4.78 is 23.9. The maximum Gasteiger partial charge on any atom is 0.150 e. The van der Waals surface area contributed by atoms with Gasteiger partial charge in [0.05, 0.1) is 5.75 Å². The molecule has 1 unspecified atom stereocenters. The van der Waals surface area contributed by atoms with E-state index in [9.17, 15) is 8.42 Å². The molecule has 1 rings (SSSR count). The summed E-state index contributed by atoms with van der Waals surface area (Å²) in [7, 11) is -2.91. The fourth-order valence-corrected chi connectivity index (χ4v) is 3.00. The molecule has 5 heteroatoms. The maximum absolute atomic E-state index is 11.5. The number of rotatable bonds is 6. The second-order valence-corrected chi connectivity index (χ2v) is 7.40. The summed E-state index contributed by atoms with van der Waals surface area (Å²) in [6, 6.07) is 7.87. The summed E-state index contributed by atoms with van der Waals surface area (Å²) in [4.78, 5) is 0. The predicted octanol–water partition coefficient (Wildman–Crippen LogP) is 2.32. The molecule has 0 fully saturated rings. The molecule has 0 aliphatic rings. The minimum Gasteiger partial charge on any atom is -0.330 e. The molecule has 0 aliphatic heterocycles. The van der Waals surface area contributed by atoms with Gasteiger partial charge in [-0.1, -0.05) is 35.0 Å². The Bertz CT molecular complexity index is 459. The van der Waals surface area contributed by atoms with Crippen LogP contribution in [0.4, 0.5) is 0 Å². The second-order valence-electron chi connectivity index (χ2n) is 4.01. The lowest BCUT2D eigenvalue weighted by Crippen LogP contribution is -2.18. The number of hydrogen-bond acceptors (Lipinski definition) is 3. The second kappa shape index (κ2) is 6.52. The highest BCUT2D eigenvalue weighted by Crippen LogP contribution is 2.22. The molecule has 17 heavy (non-hydrogen) atoms.